The summed E-state index contributed by atoms with van der Waals surface area (Å²) in [5, 5.41) is 1.99. The molecule has 2 unspecified atom stereocenters. The van der Waals surface area contributed by atoms with Crippen molar-refractivity contribution >= 4 is 10.8 Å². The van der Waals surface area contributed by atoms with Crippen molar-refractivity contribution in [3.63, 3.8) is 0 Å². The third-order valence-corrected chi connectivity index (χ3v) is 3.97. The zero-order valence-electron chi connectivity index (χ0n) is 11.7. The van der Waals surface area contributed by atoms with Crippen LogP contribution in [-0.2, 0) is 0 Å². The second-order valence-corrected chi connectivity index (χ2v) is 5.28. The van der Waals surface area contributed by atoms with E-state index in [4.69, 9.17) is 15.2 Å². The highest BCUT2D eigenvalue weighted by atomic mass is 16.5. The van der Waals surface area contributed by atoms with Crippen molar-refractivity contribution in [1.29, 1.82) is 0 Å². The zero-order valence-corrected chi connectivity index (χ0v) is 11.7. The van der Waals surface area contributed by atoms with Crippen LogP contribution in [0.5, 0.6) is 11.6 Å². The van der Waals surface area contributed by atoms with Gasteiger partial charge in [0.2, 0.25) is 5.88 Å². The number of nitrogens with zero attached hydrogens (tertiary/aromatic N) is 1. The minimum atomic E-state index is 0.0630. The monoisotopic (exact) mass is 272 g/mol. The number of benzene rings is 1. The van der Waals surface area contributed by atoms with Gasteiger partial charge in [0.15, 0.2) is 0 Å². The average molecular weight is 272 g/mol. The minimum absolute atomic E-state index is 0.0630. The van der Waals surface area contributed by atoms with Crippen molar-refractivity contribution in [2.45, 2.75) is 37.8 Å². The maximum absolute atomic E-state index is 6.15. The van der Waals surface area contributed by atoms with E-state index in [2.05, 4.69) is 4.98 Å². The van der Waals surface area contributed by atoms with Crippen LogP contribution in [0, 0.1) is 0 Å². The summed E-state index contributed by atoms with van der Waals surface area (Å²) in [6.07, 6.45) is 6.22. The van der Waals surface area contributed by atoms with Crippen LogP contribution in [0.25, 0.3) is 10.8 Å². The van der Waals surface area contributed by atoms with Crippen LogP contribution in [0.1, 0.15) is 25.7 Å². The molecule has 2 aromatic rings. The van der Waals surface area contributed by atoms with Crippen LogP contribution in [0.3, 0.4) is 0 Å². The minimum Gasteiger partial charge on any atom is -0.496 e. The molecule has 20 heavy (non-hydrogen) atoms. The topological polar surface area (TPSA) is 57.4 Å². The third kappa shape index (κ3) is 2.43. The molecule has 1 heterocycles. The normalized spacial score (nSPS) is 22.7. The summed E-state index contributed by atoms with van der Waals surface area (Å²) < 4.78 is 11.5. The van der Waals surface area contributed by atoms with Crippen molar-refractivity contribution in [2.24, 2.45) is 5.73 Å². The van der Waals surface area contributed by atoms with Gasteiger partial charge in [-0.05, 0) is 37.5 Å². The number of fused-ring (bicyclic) bond motifs is 1. The highest BCUT2D eigenvalue weighted by Gasteiger charge is 2.24. The van der Waals surface area contributed by atoms with Gasteiger partial charge in [-0.3, -0.25) is 0 Å². The maximum atomic E-state index is 6.15. The van der Waals surface area contributed by atoms with Crippen molar-refractivity contribution in [3.05, 3.63) is 30.5 Å². The van der Waals surface area contributed by atoms with Gasteiger partial charge >= 0.3 is 0 Å². The number of aromatic nitrogens is 1. The fourth-order valence-corrected chi connectivity index (χ4v) is 2.84. The molecule has 0 amide bonds. The van der Waals surface area contributed by atoms with E-state index in [1.807, 2.05) is 24.3 Å². The van der Waals surface area contributed by atoms with Gasteiger partial charge in [0, 0.05) is 23.0 Å². The molecular weight excluding hydrogens is 252 g/mol. The molecule has 1 aliphatic carbocycles. The Labute approximate surface area is 118 Å². The number of ether oxygens (including phenoxy) is 2. The van der Waals surface area contributed by atoms with Gasteiger partial charge < -0.3 is 15.2 Å². The van der Waals surface area contributed by atoms with Crippen LogP contribution in [0.4, 0.5) is 0 Å². The fourth-order valence-electron chi connectivity index (χ4n) is 2.84. The van der Waals surface area contributed by atoms with Crippen molar-refractivity contribution in [3.8, 4) is 11.6 Å². The molecule has 0 spiro atoms. The summed E-state index contributed by atoms with van der Waals surface area (Å²) in [6, 6.07) is 7.96. The first-order chi connectivity index (χ1) is 9.79. The van der Waals surface area contributed by atoms with E-state index >= 15 is 0 Å². The van der Waals surface area contributed by atoms with Crippen LogP contribution >= 0.6 is 0 Å². The van der Waals surface area contributed by atoms with Gasteiger partial charge in [-0.2, -0.15) is 0 Å². The predicted molar refractivity (Wildman–Crippen MR) is 79.2 cm³/mol. The standard InChI is InChI=1S/C16H20N2O2/c1-19-14-8-4-5-12-11(14)9-10-18-16(12)20-15-7-3-2-6-13(15)17/h4-5,8-10,13,15H,2-3,6-7,17H2,1H3. The van der Waals surface area contributed by atoms with E-state index in [1.165, 1.54) is 12.8 Å². The van der Waals surface area contributed by atoms with Gasteiger partial charge in [0.1, 0.15) is 11.9 Å². The Bertz CT molecular complexity index is 600. The lowest BCUT2D eigenvalue weighted by Gasteiger charge is -2.29. The molecule has 4 heteroatoms. The number of methoxy groups -OCH3 is 1. The molecule has 106 valence electrons. The number of rotatable bonds is 3. The highest BCUT2D eigenvalue weighted by Crippen LogP contribution is 2.32. The summed E-state index contributed by atoms with van der Waals surface area (Å²) in [4.78, 5) is 4.38. The zero-order chi connectivity index (χ0) is 13.9. The molecule has 1 aromatic heterocycles. The van der Waals surface area contributed by atoms with Crippen molar-refractivity contribution in [1.82, 2.24) is 4.98 Å². The Morgan fingerprint density at radius 2 is 2.00 bits per heavy atom. The van der Waals surface area contributed by atoms with E-state index in [9.17, 15) is 0 Å². The highest BCUT2D eigenvalue weighted by molar-refractivity contribution is 5.91. The molecular formula is C16H20N2O2. The molecule has 1 aromatic carbocycles. The smallest absolute Gasteiger partial charge is 0.221 e. The predicted octanol–water partition coefficient (Wildman–Crippen LogP) is 2.89. The van der Waals surface area contributed by atoms with Gasteiger partial charge in [-0.1, -0.05) is 12.5 Å². The molecule has 1 aliphatic rings. The second-order valence-electron chi connectivity index (χ2n) is 5.28. The van der Waals surface area contributed by atoms with Crippen molar-refractivity contribution in [2.75, 3.05) is 7.11 Å². The first-order valence-electron chi connectivity index (χ1n) is 7.13. The summed E-state index contributed by atoms with van der Waals surface area (Å²) in [5.74, 6) is 1.49. The summed E-state index contributed by atoms with van der Waals surface area (Å²) in [5.41, 5.74) is 6.15. The molecule has 0 aliphatic heterocycles. The Morgan fingerprint density at radius 1 is 1.15 bits per heavy atom. The average Bonchev–Trinajstić information content (AvgIpc) is 2.49. The third-order valence-electron chi connectivity index (χ3n) is 3.97. The Balaban J connectivity index is 1.95. The van der Waals surface area contributed by atoms with Gasteiger partial charge in [-0.25, -0.2) is 4.98 Å². The van der Waals surface area contributed by atoms with E-state index in [0.29, 0.717) is 5.88 Å². The van der Waals surface area contributed by atoms with Crippen LogP contribution in [0.2, 0.25) is 0 Å². The van der Waals surface area contributed by atoms with E-state index in [0.717, 1.165) is 29.4 Å². The van der Waals surface area contributed by atoms with E-state index < -0.39 is 0 Å². The molecule has 0 radical (unpaired) electrons. The van der Waals surface area contributed by atoms with Crippen LogP contribution < -0.4 is 15.2 Å². The van der Waals surface area contributed by atoms with Crippen LogP contribution in [-0.4, -0.2) is 24.2 Å². The number of pyridine rings is 1. The first kappa shape index (κ1) is 13.2. The molecule has 3 rings (SSSR count). The maximum Gasteiger partial charge on any atom is 0.221 e. The lowest BCUT2D eigenvalue weighted by molar-refractivity contribution is 0.129. The Hall–Kier alpha value is -1.81. The lowest BCUT2D eigenvalue weighted by atomic mass is 9.93. The van der Waals surface area contributed by atoms with E-state index in [-0.39, 0.29) is 12.1 Å². The fraction of sp³-hybridized carbons (Fsp3) is 0.438. The van der Waals surface area contributed by atoms with Gasteiger partial charge in [0.05, 0.1) is 7.11 Å². The number of hydrogen-bond acceptors (Lipinski definition) is 4. The van der Waals surface area contributed by atoms with E-state index in [1.54, 1.807) is 13.3 Å². The molecule has 2 N–H and O–H groups in total. The molecule has 0 bridgehead atoms. The first-order valence-corrected chi connectivity index (χ1v) is 7.13. The molecule has 0 saturated heterocycles. The van der Waals surface area contributed by atoms with Gasteiger partial charge in [-0.15, -0.1) is 0 Å². The molecule has 4 nitrogen and oxygen atoms in total. The summed E-state index contributed by atoms with van der Waals surface area (Å²) in [6.45, 7) is 0. The quantitative estimate of drug-likeness (QED) is 0.933. The summed E-state index contributed by atoms with van der Waals surface area (Å²) in [7, 11) is 1.67. The summed E-state index contributed by atoms with van der Waals surface area (Å²) >= 11 is 0. The van der Waals surface area contributed by atoms with Crippen LogP contribution in [0.15, 0.2) is 30.5 Å². The largest absolute Gasteiger partial charge is 0.496 e. The molecule has 2 atom stereocenters. The second kappa shape index (κ2) is 5.67. The Kier molecular flexibility index (Phi) is 3.74. The van der Waals surface area contributed by atoms with Gasteiger partial charge in [0.25, 0.3) is 0 Å². The molecule has 1 saturated carbocycles. The molecule has 1 fully saturated rings. The number of nitrogens with two attached hydrogens (primary N) is 1. The Morgan fingerprint density at radius 3 is 2.80 bits per heavy atom. The lowest BCUT2D eigenvalue weighted by Crippen LogP contribution is -2.41. The SMILES string of the molecule is COc1cccc2c(OC3CCCCC3N)nccc12. The van der Waals surface area contributed by atoms with Crippen molar-refractivity contribution < 1.29 is 9.47 Å². The number of hydrogen-bond donors (Lipinski definition) is 1.